The molecule has 0 bridgehead atoms. The van der Waals surface area contributed by atoms with Crippen LogP contribution in [-0.4, -0.2) is 37.9 Å². The number of nitrogens with zero attached hydrogens (tertiary/aromatic N) is 5. The molecule has 1 N–H and O–H groups in total. The Kier molecular flexibility index (Phi) is 5.74. The molecule has 1 aromatic carbocycles. The molecule has 0 spiro atoms. The van der Waals surface area contributed by atoms with Gasteiger partial charge in [0.25, 0.3) is 0 Å². The second kappa shape index (κ2) is 8.39. The van der Waals surface area contributed by atoms with E-state index in [9.17, 15) is 5.11 Å². The molecule has 3 rings (SSSR count). The summed E-state index contributed by atoms with van der Waals surface area (Å²) >= 11 is 0. The number of rotatable bonds is 7. The molecule has 0 saturated heterocycles. The molecule has 0 atom stereocenters. The van der Waals surface area contributed by atoms with E-state index in [-0.39, 0.29) is 6.61 Å². The first-order valence-electron chi connectivity index (χ1n) is 8.45. The summed E-state index contributed by atoms with van der Waals surface area (Å²) in [5, 5.41) is 23.0. The summed E-state index contributed by atoms with van der Waals surface area (Å²) in [6.07, 6.45) is 5.60. The maximum atomic E-state index is 9.43. The highest BCUT2D eigenvalue weighted by molar-refractivity contribution is 5.63. The van der Waals surface area contributed by atoms with Gasteiger partial charge >= 0.3 is 0 Å². The molecule has 6 nitrogen and oxygen atoms in total. The number of pyridine rings is 1. The van der Waals surface area contributed by atoms with Crippen molar-refractivity contribution in [3.63, 3.8) is 0 Å². The van der Waals surface area contributed by atoms with Crippen LogP contribution in [0.3, 0.4) is 0 Å². The summed E-state index contributed by atoms with van der Waals surface area (Å²) in [5.41, 5.74) is 4.68. The molecule has 132 valence electrons. The van der Waals surface area contributed by atoms with E-state index in [4.69, 9.17) is 5.26 Å². The average molecular weight is 347 g/mol. The topological polar surface area (TPSA) is 78.0 Å². The van der Waals surface area contributed by atoms with Gasteiger partial charge in [0.2, 0.25) is 0 Å². The third-order valence-electron chi connectivity index (χ3n) is 4.13. The van der Waals surface area contributed by atoms with Crippen LogP contribution in [-0.2, 0) is 20.1 Å². The van der Waals surface area contributed by atoms with Crippen molar-refractivity contribution in [2.45, 2.75) is 13.1 Å². The predicted octanol–water partition coefficient (Wildman–Crippen LogP) is 2.35. The first-order valence-corrected chi connectivity index (χ1v) is 8.45. The molecule has 0 aliphatic heterocycles. The van der Waals surface area contributed by atoms with E-state index in [1.165, 1.54) is 0 Å². The van der Waals surface area contributed by atoms with Crippen LogP contribution in [0.25, 0.3) is 11.3 Å². The van der Waals surface area contributed by atoms with E-state index in [2.05, 4.69) is 21.1 Å². The Labute approximate surface area is 153 Å². The summed E-state index contributed by atoms with van der Waals surface area (Å²) in [4.78, 5) is 6.33. The molecular formula is C20H21N5O. The molecule has 0 aliphatic rings. The van der Waals surface area contributed by atoms with Gasteiger partial charge in [-0.05, 0) is 23.8 Å². The number of aromatic nitrogens is 3. The van der Waals surface area contributed by atoms with Gasteiger partial charge in [0.15, 0.2) is 0 Å². The SMILES string of the molecule is Cn1cc(CN(CCO)Cc2cccnc2)c(-c2ccc(C#N)cc2)n1. The van der Waals surface area contributed by atoms with Crippen LogP contribution in [0.15, 0.2) is 55.0 Å². The molecule has 0 saturated carbocycles. The number of aryl methyl sites for hydroxylation is 1. The van der Waals surface area contributed by atoms with Gasteiger partial charge in [-0.2, -0.15) is 10.4 Å². The molecule has 0 unspecified atom stereocenters. The van der Waals surface area contributed by atoms with Crippen molar-refractivity contribution >= 4 is 0 Å². The standard InChI is InChI=1S/C20H21N5O/c1-24-14-19(20(23-24)18-6-4-16(11-21)5-7-18)15-25(9-10-26)13-17-3-2-8-22-12-17/h2-8,12,14,26H,9-10,13,15H2,1H3. The monoisotopic (exact) mass is 347 g/mol. The van der Waals surface area contributed by atoms with E-state index < -0.39 is 0 Å². The lowest BCUT2D eigenvalue weighted by Crippen LogP contribution is -2.26. The van der Waals surface area contributed by atoms with Crippen LogP contribution in [0.4, 0.5) is 0 Å². The lowest BCUT2D eigenvalue weighted by molar-refractivity contribution is 0.184. The van der Waals surface area contributed by atoms with Crippen molar-refractivity contribution in [2.24, 2.45) is 7.05 Å². The van der Waals surface area contributed by atoms with Crippen molar-refractivity contribution in [3.8, 4) is 17.3 Å². The first-order chi connectivity index (χ1) is 12.7. The summed E-state index contributed by atoms with van der Waals surface area (Å²) in [6, 6.07) is 13.5. The Balaban J connectivity index is 1.84. The first kappa shape index (κ1) is 17.8. The van der Waals surface area contributed by atoms with Gasteiger partial charge in [0.1, 0.15) is 0 Å². The number of aliphatic hydroxyl groups excluding tert-OH is 1. The van der Waals surface area contributed by atoms with Crippen LogP contribution in [0.5, 0.6) is 0 Å². The van der Waals surface area contributed by atoms with Gasteiger partial charge in [-0.15, -0.1) is 0 Å². The van der Waals surface area contributed by atoms with Crippen molar-refractivity contribution in [2.75, 3.05) is 13.2 Å². The molecule has 6 heteroatoms. The van der Waals surface area contributed by atoms with Gasteiger partial charge in [0.05, 0.1) is 23.9 Å². The Morgan fingerprint density at radius 2 is 2.00 bits per heavy atom. The average Bonchev–Trinajstić information content (AvgIpc) is 3.03. The summed E-state index contributed by atoms with van der Waals surface area (Å²) in [6.45, 7) is 2.03. The van der Waals surface area contributed by atoms with E-state index in [0.29, 0.717) is 25.2 Å². The lowest BCUT2D eigenvalue weighted by atomic mass is 10.1. The second-order valence-corrected chi connectivity index (χ2v) is 6.16. The Hall–Kier alpha value is -3.01. The molecule has 0 fully saturated rings. The highest BCUT2D eigenvalue weighted by atomic mass is 16.3. The second-order valence-electron chi connectivity index (χ2n) is 6.16. The van der Waals surface area contributed by atoms with Crippen LogP contribution in [0.1, 0.15) is 16.7 Å². The third-order valence-corrected chi connectivity index (χ3v) is 4.13. The lowest BCUT2D eigenvalue weighted by Gasteiger charge is -2.21. The van der Waals surface area contributed by atoms with Crippen LogP contribution in [0.2, 0.25) is 0 Å². The van der Waals surface area contributed by atoms with Crippen molar-refractivity contribution in [3.05, 3.63) is 71.7 Å². The molecule has 0 aliphatic carbocycles. The Morgan fingerprint density at radius 1 is 1.19 bits per heavy atom. The number of aliphatic hydroxyl groups is 1. The summed E-state index contributed by atoms with van der Waals surface area (Å²) in [5.74, 6) is 0. The minimum Gasteiger partial charge on any atom is -0.395 e. The number of benzene rings is 1. The van der Waals surface area contributed by atoms with Gasteiger partial charge in [-0.1, -0.05) is 18.2 Å². The molecule has 2 aromatic heterocycles. The van der Waals surface area contributed by atoms with Crippen molar-refractivity contribution < 1.29 is 5.11 Å². The van der Waals surface area contributed by atoms with Crippen LogP contribution >= 0.6 is 0 Å². The van der Waals surface area contributed by atoms with E-state index in [1.54, 1.807) is 23.0 Å². The van der Waals surface area contributed by atoms with Crippen LogP contribution in [0, 0.1) is 11.3 Å². The maximum absolute atomic E-state index is 9.43. The minimum atomic E-state index is 0.0900. The highest BCUT2D eigenvalue weighted by Crippen LogP contribution is 2.24. The van der Waals surface area contributed by atoms with Crippen molar-refractivity contribution in [1.82, 2.24) is 19.7 Å². The van der Waals surface area contributed by atoms with Gasteiger partial charge < -0.3 is 5.11 Å². The highest BCUT2D eigenvalue weighted by Gasteiger charge is 2.14. The normalized spacial score (nSPS) is 10.8. The van der Waals surface area contributed by atoms with Gasteiger partial charge in [0, 0.05) is 56.4 Å². The van der Waals surface area contributed by atoms with Crippen molar-refractivity contribution in [1.29, 1.82) is 5.26 Å². The zero-order chi connectivity index (χ0) is 18.4. The Morgan fingerprint density at radius 3 is 2.65 bits per heavy atom. The quantitative estimate of drug-likeness (QED) is 0.710. The number of nitriles is 1. The van der Waals surface area contributed by atoms with E-state index in [1.807, 2.05) is 43.7 Å². The minimum absolute atomic E-state index is 0.0900. The molecule has 3 aromatic rings. The largest absolute Gasteiger partial charge is 0.395 e. The van der Waals surface area contributed by atoms with Crippen LogP contribution < -0.4 is 0 Å². The molecule has 0 radical (unpaired) electrons. The Bertz CT molecular complexity index is 881. The fourth-order valence-corrected chi connectivity index (χ4v) is 2.95. The van der Waals surface area contributed by atoms with Gasteiger partial charge in [-0.3, -0.25) is 14.6 Å². The maximum Gasteiger partial charge on any atom is 0.0991 e. The summed E-state index contributed by atoms with van der Waals surface area (Å²) < 4.78 is 1.80. The fourth-order valence-electron chi connectivity index (χ4n) is 2.95. The zero-order valence-electron chi connectivity index (χ0n) is 14.7. The van der Waals surface area contributed by atoms with Gasteiger partial charge in [-0.25, -0.2) is 0 Å². The molecule has 0 amide bonds. The molecular weight excluding hydrogens is 326 g/mol. The molecule has 26 heavy (non-hydrogen) atoms. The van der Waals surface area contributed by atoms with E-state index >= 15 is 0 Å². The number of hydrogen-bond acceptors (Lipinski definition) is 5. The fraction of sp³-hybridized carbons (Fsp3) is 0.250. The summed E-state index contributed by atoms with van der Waals surface area (Å²) in [7, 11) is 1.90. The molecule has 2 heterocycles. The number of hydrogen-bond donors (Lipinski definition) is 1. The smallest absolute Gasteiger partial charge is 0.0991 e. The predicted molar refractivity (Wildman–Crippen MR) is 98.8 cm³/mol. The zero-order valence-corrected chi connectivity index (χ0v) is 14.7. The third kappa shape index (κ3) is 4.33. The van der Waals surface area contributed by atoms with E-state index in [0.717, 1.165) is 22.4 Å².